The summed E-state index contributed by atoms with van der Waals surface area (Å²) in [5, 5.41) is 2.87. The third-order valence-corrected chi connectivity index (χ3v) is 7.06. The van der Waals surface area contributed by atoms with Crippen molar-refractivity contribution in [1.82, 2.24) is 4.31 Å². The van der Waals surface area contributed by atoms with Crippen molar-refractivity contribution in [2.75, 3.05) is 26.5 Å². The fourth-order valence-electron chi connectivity index (χ4n) is 2.96. The second-order valence-corrected chi connectivity index (χ2v) is 9.76. The first kappa shape index (κ1) is 19.9. The Morgan fingerprint density at radius 2 is 1.89 bits per heavy atom. The van der Waals surface area contributed by atoms with E-state index < -0.39 is 15.4 Å². The monoisotopic (exact) mass is 452 g/mol. The number of halogens is 1. The number of methoxy groups -OCH3 is 1. The van der Waals surface area contributed by atoms with Crippen LogP contribution in [0.5, 0.6) is 5.75 Å². The van der Waals surface area contributed by atoms with Gasteiger partial charge < -0.3 is 10.1 Å². The fraction of sp³-hybridized carbons (Fsp3) is 0.316. The summed E-state index contributed by atoms with van der Waals surface area (Å²) in [6.07, 6.45) is 1.49. The number of hydrogen-bond donors (Lipinski definition) is 1. The van der Waals surface area contributed by atoms with E-state index in [-0.39, 0.29) is 10.8 Å². The summed E-state index contributed by atoms with van der Waals surface area (Å²) in [6.45, 7) is 0. The van der Waals surface area contributed by atoms with Crippen LogP contribution in [0.2, 0.25) is 0 Å². The zero-order valence-electron chi connectivity index (χ0n) is 15.3. The van der Waals surface area contributed by atoms with Gasteiger partial charge in [0, 0.05) is 18.6 Å². The minimum atomic E-state index is -3.62. The lowest BCUT2D eigenvalue weighted by molar-refractivity contribution is -0.118. The quantitative estimate of drug-likeness (QED) is 0.728. The number of benzene rings is 2. The van der Waals surface area contributed by atoms with Gasteiger partial charge in [-0.2, -0.15) is 0 Å². The molecule has 1 aliphatic rings. The summed E-state index contributed by atoms with van der Waals surface area (Å²) in [5.74, 6) is 0.240. The number of nitrogens with zero attached hydrogens (tertiary/aromatic N) is 1. The number of ether oxygens (including phenoxy) is 1. The van der Waals surface area contributed by atoms with Gasteiger partial charge in [-0.05, 0) is 48.7 Å². The van der Waals surface area contributed by atoms with Crippen molar-refractivity contribution in [1.29, 1.82) is 0 Å². The van der Waals surface area contributed by atoms with Crippen LogP contribution in [-0.2, 0) is 20.2 Å². The number of nitrogens with one attached hydrogen (secondary N) is 1. The molecule has 1 saturated carbocycles. The lowest BCUT2D eigenvalue weighted by Gasteiger charge is -2.19. The number of anilines is 1. The molecule has 27 heavy (non-hydrogen) atoms. The Labute approximate surface area is 167 Å². The molecule has 3 rings (SSSR count). The van der Waals surface area contributed by atoms with Crippen LogP contribution in [0.15, 0.2) is 51.8 Å². The molecule has 1 N–H and O–H groups in total. The summed E-state index contributed by atoms with van der Waals surface area (Å²) in [4.78, 5) is 13.1. The molecule has 0 bridgehead atoms. The number of carbonyl (C=O) groups is 1. The van der Waals surface area contributed by atoms with E-state index in [0.29, 0.717) is 11.4 Å². The van der Waals surface area contributed by atoms with Gasteiger partial charge >= 0.3 is 0 Å². The SMILES string of the molecule is COc1ccc(S(=O)(=O)N(C)C)cc1NC(=O)C1(c2cccc(Br)c2)CC1. The number of amides is 1. The van der Waals surface area contributed by atoms with Gasteiger partial charge in [-0.15, -0.1) is 0 Å². The van der Waals surface area contributed by atoms with Crippen molar-refractivity contribution in [3.63, 3.8) is 0 Å². The first-order valence-electron chi connectivity index (χ1n) is 8.39. The molecule has 0 aliphatic heterocycles. The molecule has 2 aromatic carbocycles. The highest BCUT2D eigenvalue weighted by atomic mass is 79.9. The van der Waals surface area contributed by atoms with Gasteiger partial charge in [0.25, 0.3) is 0 Å². The Morgan fingerprint density at radius 3 is 2.44 bits per heavy atom. The molecular weight excluding hydrogens is 432 g/mol. The maximum atomic E-state index is 13.0. The van der Waals surface area contributed by atoms with Crippen molar-refractivity contribution in [2.45, 2.75) is 23.2 Å². The standard InChI is InChI=1S/C19H21BrN2O4S/c1-22(2)27(24,25)15-7-8-17(26-3)16(12-15)21-18(23)19(9-10-19)13-5-4-6-14(20)11-13/h4-8,11-12H,9-10H2,1-3H3,(H,21,23). The summed E-state index contributed by atoms with van der Waals surface area (Å²) in [5.41, 5.74) is 0.683. The summed E-state index contributed by atoms with van der Waals surface area (Å²) in [6, 6.07) is 12.1. The van der Waals surface area contributed by atoms with Crippen LogP contribution in [0.25, 0.3) is 0 Å². The number of hydrogen-bond acceptors (Lipinski definition) is 4. The molecule has 0 aromatic heterocycles. The van der Waals surface area contributed by atoms with Gasteiger partial charge in [-0.25, -0.2) is 12.7 Å². The van der Waals surface area contributed by atoms with Gasteiger partial charge in [-0.1, -0.05) is 28.1 Å². The highest BCUT2D eigenvalue weighted by Gasteiger charge is 2.51. The van der Waals surface area contributed by atoms with E-state index in [1.165, 1.54) is 33.3 Å². The van der Waals surface area contributed by atoms with E-state index in [1.807, 2.05) is 24.3 Å². The highest BCUT2D eigenvalue weighted by molar-refractivity contribution is 9.10. The van der Waals surface area contributed by atoms with Crippen LogP contribution in [0, 0.1) is 0 Å². The third-order valence-electron chi connectivity index (χ3n) is 4.76. The van der Waals surface area contributed by atoms with Crippen molar-refractivity contribution in [3.8, 4) is 5.75 Å². The molecule has 8 heteroatoms. The smallest absolute Gasteiger partial charge is 0.242 e. The van der Waals surface area contributed by atoms with Crippen molar-refractivity contribution >= 4 is 37.5 Å². The fourth-order valence-corrected chi connectivity index (χ4v) is 4.28. The molecule has 2 aromatic rings. The highest BCUT2D eigenvalue weighted by Crippen LogP contribution is 2.49. The van der Waals surface area contributed by atoms with Crippen LogP contribution in [0.3, 0.4) is 0 Å². The lowest BCUT2D eigenvalue weighted by atomic mass is 9.95. The maximum Gasteiger partial charge on any atom is 0.242 e. The summed E-state index contributed by atoms with van der Waals surface area (Å²) < 4.78 is 32.2. The topological polar surface area (TPSA) is 75.7 Å². The second kappa shape index (κ2) is 7.26. The Hall–Kier alpha value is -1.90. The molecule has 144 valence electrons. The average molecular weight is 453 g/mol. The molecule has 0 spiro atoms. The molecule has 1 amide bonds. The van der Waals surface area contributed by atoms with E-state index >= 15 is 0 Å². The van der Waals surface area contributed by atoms with Crippen LogP contribution in [-0.4, -0.2) is 39.8 Å². The average Bonchev–Trinajstić information content (AvgIpc) is 3.43. The van der Waals surface area contributed by atoms with E-state index in [0.717, 1.165) is 27.2 Å². The van der Waals surface area contributed by atoms with Crippen LogP contribution in [0.1, 0.15) is 18.4 Å². The molecule has 0 radical (unpaired) electrons. The molecule has 0 unspecified atom stereocenters. The van der Waals surface area contributed by atoms with Crippen molar-refractivity contribution in [3.05, 3.63) is 52.5 Å². The van der Waals surface area contributed by atoms with Gasteiger partial charge in [0.2, 0.25) is 15.9 Å². The predicted molar refractivity (Wildman–Crippen MR) is 108 cm³/mol. The lowest BCUT2D eigenvalue weighted by Crippen LogP contribution is -2.28. The maximum absolute atomic E-state index is 13.0. The van der Waals surface area contributed by atoms with Crippen LogP contribution in [0.4, 0.5) is 5.69 Å². The second-order valence-electron chi connectivity index (χ2n) is 6.70. The largest absolute Gasteiger partial charge is 0.495 e. The van der Waals surface area contributed by atoms with Gasteiger partial charge in [0.1, 0.15) is 5.75 Å². The predicted octanol–water partition coefficient (Wildman–Crippen LogP) is 3.38. The molecule has 6 nitrogen and oxygen atoms in total. The Balaban J connectivity index is 1.94. The van der Waals surface area contributed by atoms with E-state index in [4.69, 9.17) is 4.74 Å². The first-order chi connectivity index (χ1) is 12.7. The van der Waals surface area contributed by atoms with Gasteiger partial charge in [0.05, 0.1) is 23.1 Å². The molecule has 0 atom stereocenters. The van der Waals surface area contributed by atoms with Crippen LogP contribution < -0.4 is 10.1 Å². The summed E-state index contributed by atoms with van der Waals surface area (Å²) >= 11 is 3.44. The van der Waals surface area contributed by atoms with Crippen molar-refractivity contribution < 1.29 is 17.9 Å². The summed E-state index contributed by atoms with van der Waals surface area (Å²) in [7, 11) is 0.786. The third kappa shape index (κ3) is 3.74. The zero-order chi connectivity index (χ0) is 19.8. The van der Waals surface area contributed by atoms with Gasteiger partial charge in [0.15, 0.2) is 0 Å². The van der Waals surface area contributed by atoms with Crippen molar-refractivity contribution in [2.24, 2.45) is 0 Å². The number of sulfonamides is 1. The number of rotatable bonds is 6. The molecule has 1 aliphatic carbocycles. The molecular formula is C19H21BrN2O4S. The zero-order valence-corrected chi connectivity index (χ0v) is 17.7. The molecule has 0 saturated heterocycles. The minimum absolute atomic E-state index is 0.0934. The van der Waals surface area contributed by atoms with Crippen LogP contribution >= 0.6 is 15.9 Å². The Morgan fingerprint density at radius 1 is 1.19 bits per heavy atom. The Bertz CT molecular complexity index is 985. The molecule has 0 heterocycles. The Kier molecular flexibility index (Phi) is 5.33. The van der Waals surface area contributed by atoms with Gasteiger partial charge in [-0.3, -0.25) is 4.79 Å². The first-order valence-corrected chi connectivity index (χ1v) is 10.6. The number of carbonyl (C=O) groups excluding carboxylic acids is 1. The van der Waals surface area contributed by atoms with E-state index in [9.17, 15) is 13.2 Å². The normalized spacial score (nSPS) is 15.4. The van der Waals surface area contributed by atoms with E-state index in [1.54, 1.807) is 6.07 Å². The van der Waals surface area contributed by atoms with E-state index in [2.05, 4.69) is 21.2 Å². The minimum Gasteiger partial charge on any atom is -0.495 e. The molecule has 1 fully saturated rings.